The van der Waals surface area contributed by atoms with Crippen LogP contribution in [0, 0.1) is 3.57 Å². The lowest BCUT2D eigenvalue weighted by molar-refractivity contribution is -0.123. The van der Waals surface area contributed by atoms with Gasteiger partial charge in [-0.3, -0.25) is 14.9 Å². The summed E-state index contributed by atoms with van der Waals surface area (Å²) in [4.78, 5) is 35.3. The van der Waals surface area contributed by atoms with Crippen LogP contribution in [-0.2, 0) is 16.6 Å². The van der Waals surface area contributed by atoms with E-state index in [4.69, 9.17) is 4.74 Å². The fourth-order valence-corrected chi connectivity index (χ4v) is 2.37. The summed E-state index contributed by atoms with van der Waals surface area (Å²) in [5.41, 5.74) is 0.724. The average molecular weight is 412 g/mol. The van der Waals surface area contributed by atoms with Crippen LogP contribution in [0.1, 0.15) is 20.8 Å². The molecule has 1 aromatic heterocycles. The van der Waals surface area contributed by atoms with Crippen molar-refractivity contribution >= 4 is 40.4 Å². The zero-order chi connectivity index (χ0) is 16.1. The Morgan fingerprint density at radius 3 is 2.55 bits per heavy atom. The highest BCUT2D eigenvalue weighted by Gasteiger charge is 2.16. The number of aryl methyl sites for hydroxylation is 1. The van der Waals surface area contributed by atoms with Gasteiger partial charge in [0.1, 0.15) is 5.69 Å². The summed E-state index contributed by atoms with van der Waals surface area (Å²) >= 11 is 2.00. The van der Waals surface area contributed by atoms with Crippen LogP contribution in [0.2, 0.25) is 0 Å². The number of benzene rings is 1. The van der Waals surface area contributed by atoms with E-state index >= 15 is 0 Å². The molecule has 6 nitrogen and oxygen atoms in total. The van der Waals surface area contributed by atoms with E-state index in [2.05, 4.69) is 5.32 Å². The van der Waals surface area contributed by atoms with Crippen molar-refractivity contribution < 1.29 is 19.1 Å². The molecule has 7 heteroatoms. The molecular weight excluding hydrogens is 399 g/mol. The van der Waals surface area contributed by atoms with Crippen molar-refractivity contribution in [3.8, 4) is 0 Å². The fraction of sp³-hybridized carbons (Fsp3) is 0.133. The first-order valence-electron chi connectivity index (χ1n) is 6.36. The van der Waals surface area contributed by atoms with Gasteiger partial charge >= 0.3 is 5.97 Å². The highest BCUT2D eigenvalue weighted by Crippen LogP contribution is 2.12. The van der Waals surface area contributed by atoms with Crippen molar-refractivity contribution in [2.24, 2.45) is 7.05 Å². The summed E-state index contributed by atoms with van der Waals surface area (Å²) in [7, 11) is 1.69. The molecule has 0 aliphatic carbocycles. The molecule has 0 saturated carbocycles. The molecule has 0 bridgehead atoms. The maximum absolute atomic E-state index is 11.8. The lowest BCUT2D eigenvalue weighted by Crippen LogP contribution is -2.35. The van der Waals surface area contributed by atoms with Crippen LogP contribution in [-0.4, -0.2) is 29.0 Å². The van der Waals surface area contributed by atoms with E-state index in [1.807, 2.05) is 22.6 Å². The minimum atomic E-state index is -0.675. The molecule has 114 valence electrons. The minimum absolute atomic E-state index is 0.345. The fourth-order valence-electron chi connectivity index (χ4n) is 1.76. The first kappa shape index (κ1) is 16.2. The molecule has 0 atom stereocenters. The number of rotatable bonds is 4. The molecule has 0 aliphatic rings. The van der Waals surface area contributed by atoms with Gasteiger partial charge in [0.25, 0.3) is 11.8 Å². The van der Waals surface area contributed by atoms with E-state index in [0.29, 0.717) is 11.3 Å². The molecule has 1 aromatic carbocycles. The smallest absolute Gasteiger partial charge is 0.339 e. The summed E-state index contributed by atoms with van der Waals surface area (Å²) in [6.07, 6.45) is 1.69. The second kappa shape index (κ2) is 7.21. The van der Waals surface area contributed by atoms with Crippen LogP contribution in [0.5, 0.6) is 0 Å². The summed E-state index contributed by atoms with van der Waals surface area (Å²) < 4.78 is 7.22. The SMILES string of the molecule is Cn1cccc1C(=O)NC(=O)COC(=O)c1ccccc1I. The summed E-state index contributed by atoms with van der Waals surface area (Å²) in [6.45, 7) is -0.514. The maximum atomic E-state index is 11.8. The van der Waals surface area contributed by atoms with Gasteiger partial charge in [0.05, 0.1) is 5.56 Å². The van der Waals surface area contributed by atoms with Gasteiger partial charge in [0.2, 0.25) is 0 Å². The van der Waals surface area contributed by atoms with Gasteiger partial charge in [-0.05, 0) is 46.9 Å². The van der Waals surface area contributed by atoms with Gasteiger partial charge in [-0.15, -0.1) is 0 Å². The Morgan fingerprint density at radius 2 is 1.91 bits per heavy atom. The topological polar surface area (TPSA) is 77.4 Å². The van der Waals surface area contributed by atoms with Crippen LogP contribution in [0.4, 0.5) is 0 Å². The van der Waals surface area contributed by atoms with Crippen molar-refractivity contribution in [1.29, 1.82) is 0 Å². The number of hydrogen-bond donors (Lipinski definition) is 1. The molecule has 0 saturated heterocycles. The Bertz CT molecular complexity index is 724. The van der Waals surface area contributed by atoms with Crippen LogP contribution in [0.15, 0.2) is 42.6 Å². The Hall–Kier alpha value is -2.16. The number of esters is 1. The lowest BCUT2D eigenvalue weighted by atomic mass is 10.2. The molecule has 2 aromatic rings. The number of aromatic nitrogens is 1. The second-order valence-electron chi connectivity index (χ2n) is 4.44. The van der Waals surface area contributed by atoms with Crippen molar-refractivity contribution in [2.75, 3.05) is 6.61 Å². The third-order valence-corrected chi connectivity index (χ3v) is 3.80. The summed E-state index contributed by atoms with van der Waals surface area (Å²) in [6, 6.07) is 10.1. The molecule has 2 rings (SSSR count). The van der Waals surface area contributed by atoms with E-state index in [0.717, 1.165) is 3.57 Å². The Morgan fingerprint density at radius 1 is 1.18 bits per heavy atom. The van der Waals surface area contributed by atoms with Gasteiger partial charge in [0.15, 0.2) is 6.61 Å². The van der Waals surface area contributed by atoms with E-state index in [1.54, 1.807) is 54.2 Å². The van der Waals surface area contributed by atoms with E-state index in [1.165, 1.54) is 0 Å². The molecule has 0 aliphatic heterocycles. The maximum Gasteiger partial charge on any atom is 0.339 e. The van der Waals surface area contributed by atoms with E-state index < -0.39 is 24.4 Å². The molecule has 22 heavy (non-hydrogen) atoms. The molecular formula is C15H13IN2O4. The largest absolute Gasteiger partial charge is 0.452 e. The van der Waals surface area contributed by atoms with Crippen LogP contribution < -0.4 is 5.32 Å². The van der Waals surface area contributed by atoms with Crippen molar-refractivity contribution in [1.82, 2.24) is 9.88 Å². The number of hydrogen-bond acceptors (Lipinski definition) is 4. The molecule has 0 radical (unpaired) electrons. The van der Waals surface area contributed by atoms with E-state index in [9.17, 15) is 14.4 Å². The molecule has 0 fully saturated rings. The van der Waals surface area contributed by atoms with Gasteiger partial charge < -0.3 is 9.30 Å². The number of halogens is 1. The molecule has 2 amide bonds. The Labute approximate surface area is 140 Å². The monoisotopic (exact) mass is 412 g/mol. The molecule has 1 heterocycles. The number of nitrogens with one attached hydrogen (secondary N) is 1. The third kappa shape index (κ3) is 3.94. The van der Waals surface area contributed by atoms with Crippen molar-refractivity contribution in [3.05, 3.63) is 57.4 Å². The Balaban J connectivity index is 1.88. The van der Waals surface area contributed by atoms with Gasteiger partial charge in [-0.2, -0.15) is 0 Å². The lowest BCUT2D eigenvalue weighted by Gasteiger charge is -2.07. The van der Waals surface area contributed by atoms with Crippen molar-refractivity contribution in [2.45, 2.75) is 0 Å². The van der Waals surface area contributed by atoms with Gasteiger partial charge in [0, 0.05) is 16.8 Å². The first-order chi connectivity index (χ1) is 10.5. The van der Waals surface area contributed by atoms with Gasteiger partial charge in [-0.1, -0.05) is 12.1 Å². The van der Waals surface area contributed by atoms with Crippen LogP contribution >= 0.6 is 22.6 Å². The van der Waals surface area contributed by atoms with Gasteiger partial charge in [-0.25, -0.2) is 4.79 Å². The second-order valence-corrected chi connectivity index (χ2v) is 5.60. The third-order valence-electron chi connectivity index (χ3n) is 2.86. The molecule has 0 spiro atoms. The highest BCUT2D eigenvalue weighted by atomic mass is 127. The Kier molecular flexibility index (Phi) is 5.31. The zero-order valence-electron chi connectivity index (χ0n) is 11.7. The number of carbonyl (C=O) groups excluding carboxylic acids is 3. The average Bonchev–Trinajstić information content (AvgIpc) is 2.91. The van der Waals surface area contributed by atoms with E-state index in [-0.39, 0.29) is 0 Å². The predicted octanol–water partition coefficient (Wildman–Crippen LogP) is 1.74. The normalized spacial score (nSPS) is 10.1. The summed E-state index contributed by atoms with van der Waals surface area (Å²) in [5, 5.41) is 2.17. The predicted molar refractivity (Wildman–Crippen MR) is 87.3 cm³/mol. The number of nitrogens with zero attached hydrogens (tertiary/aromatic N) is 1. The summed E-state index contributed by atoms with van der Waals surface area (Å²) in [5.74, 6) is -1.82. The standard InChI is InChI=1S/C15H13IN2O4/c1-18-8-4-7-12(18)14(20)17-13(19)9-22-15(21)10-5-2-3-6-11(10)16/h2-8H,9H2,1H3,(H,17,19,20). The quantitative estimate of drug-likeness (QED) is 0.613. The molecule has 0 unspecified atom stereocenters. The minimum Gasteiger partial charge on any atom is -0.452 e. The highest BCUT2D eigenvalue weighted by molar-refractivity contribution is 14.1. The van der Waals surface area contributed by atoms with Crippen LogP contribution in [0.3, 0.4) is 0 Å². The van der Waals surface area contributed by atoms with Crippen molar-refractivity contribution in [3.63, 3.8) is 0 Å². The number of ether oxygens (including phenoxy) is 1. The first-order valence-corrected chi connectivity index (χ1v) is 7.44. The zero-order valence-corrected chi connectivity index (χ0v) is 13.9. The molecule has 1 N–H and O–H groups in total. The number of carbonyl (C=O) groups is 3. The number of imide groups is 1. The van der Waals surface area contributed by atoms with Crippen LogP contribution in [0.25, 0.3) is 0 Å². The number of amides is 2.